The molecule has 182 valence electrons. The van der Waals surface area contributed by atoms with Gasteiger partial charge in [-0.15, -0.1) is 0 Å². The Balaban J connectivity index is 4.72. The van der Waals surface area contributed by atoms with E-state index in [1.165, 1.54) is 7.11 Å². The van der Waals surface area contributed by atoms with Gasteiger partial charge in [0.15, 0.2) is 6.61 Å². The Labute approximate surface area is 173 Å². The number of alkyl halides is 8. The lowest BCUT2D eigenvalue weighted by Crippen LogP contribution is -2.59. The Morgan fingerprint density at radius 3 is 1.97 bits per heavy atom. The summed E-state index contributed by atoms with van der Waals surface area (Å²) in [6.07, 6.45) is -1.30. The van der Waals surface area contributed by atoms with E-state index in [2.05, 4.69) is 4.74 Å². The molecule has 0 radical (unpaired) electrons. The fourth-order valence-electron chi connectivity index (χ4n) is 2.15. The molecule has 13 heteroatoms. The van der Waals surface area contributed by atoms with Gasteiger partial charge in [-0.1, -0.05) is 19.8 Å². The molecule has 0 saturated heterocycles. The third kappa shape index (κ3) is 8.99. The van der Waals surface area contributed by atoms with Gasteiger partial charge >= 0.3 is 36.1 Å². The molecular weight excluding hydrogens is 448 g/mol. The van der Waals surface area contributed by atoms with Crippen LogP contribution in [0.5, 0.6) is 0 Å². The lowest BCUT2D eigenvalue weighted by atomic mass is 10.00. The van der Waals surface area contributed by atoms with Gasteiger partial charge in [-0.3, -0.25) is 0 Å². The zero-order chi connectivity index (χ0) is 24.3. The second kappa shape index (κ2) is 12.8. The maximum absolute atomic E-state index is 13.3. The van der Waals surface area contributed by atoms with Crippen LogP contribution in [0.4, 0.5) is 35.1 Å². The normalized spacial score (nSPS) is 14.2. The Kier molecular flexibility index (Phi) is 12.0. The maximum atomic E-state index is 13.3. The Bertz CT molecular complexity index is 587. The first kappa shape index (κ1) is 29.1. The van der Waals surface area contributed by atoms with Gasteiger partial charge < -0.3 is 14.2 Å². The van der Waals surface area contributed by atoms with Crippen molar-refractivity contribution >= 4 is 11.9 Å². The second-order valence-corrected chi connectivity index (χ2v) is 6.56. The summed E-state index contributed by atoms with van der Waals surface area (Å²) in [5.74, 6) is -21.5. The molecule has 0 fully saturated rings. The number of hydrogen-bond acceptors (Lipinski definition) is 5. The van der Waals surface area contributed by atoms with Crippen LogP contribution in [0.25, 0.3) is 0 Å². The van der Waals surface area contributed by atoms with Gasteiger partial charge in [-0.05, 0) is 18.8 Å². The van der Waals surface area contributed by atoms with Crippen molar-refractivity contribution in [3.63, 3.8) is 0 Å². The van der Waals surface area contributed by atoms with E-state index in [0.29, 0.717) is 19.1 Å². The Hall–Kier alpha value is -1.92. The summed E-state index contributed by atoms with van der Waals surface area (Å²) in [4.78, 5) is 22.8. The molecule has 1 atom stereocenters. The highest BCUT2D eigenvalue weighted by atomic mass is 19.4. The topological polar surface area (TPSA) is 61.8 Å². The molecule has 0 rings (SSSR count). The highest BCUT2D eigenvalue weighted by molar-refractivity contribution is 5.91. The number of rotatable bonds is 15. The van der Waals surface area contributed by atoms with Gasteiger partial charge in [0.1, 0.15) is 0 Å². The fourth-order valence-corrected chi connectivity index (χ4v) is 2.15. The molecule has 0 heterocycles. The highest BCUT2D eigenvalue weighted by Crippen LogP contribution is 2.48. The van der Waals surface area contributed by atoms with E-state index in [1.54, 1.807) is 0 Å². The predicted molar refractivity (Wildman–Crippen MR) is 91.4 cm³/mol. The second-order valence-electron chi connectivity index (χ2n) is 6.56. The first-order chi connectivity index (χ1) is 14.2. The van der Waals surface area contributed by atoms with E-state index < -0.39 is 42.7 Å². The van der Waals surface area contributed by atoms with Gasteiger partial charge in [0.05, 0.1) is 6.61 Å². The van der Waals surface area contributed by atoms with Crippen LogP contribution in [0.1, 0.15) is 32.6 Å². The largest absolute Gasteiger partial charge is 0.462 e. The third-order valence-electron chi connectivity index (χ3n) is 4.06. The van der Waals surface area contributed by atoms with E-state index in [0.717, 1.165) is 19.3 Å². The first-order valence-corrected chi connectivity index (χ1v) is 9.15. The molecule has 5 nitrogen and oxygen atoms in total. The van der Waals surface area contributed by atoms with Crippen LogP contribution in [0.15, 0.2) is 12.2 Å². The molecular formula is C18H24F8O5. The summed E-state index contributed by atoms with van der Waals surface area (Å²) in [7, 11) is 1.49. The van der Waals surface area contributed by atoms with Crippen LogP contribution in [0.2, 0.25) is 0 Å². The van der Waals surface area contributed by atoms with E-state index >= 15 is 0 Å². The van der Waals surface area contributed by atoms with Crippen molar-refractivity contribution in [2.24, 2.45) is 5.92 Å². The molecule has 0 aromatic heterocycles. The zero-order valence-corrected chi connectivity index (χ0v) is 16.8. The lowest BCUT2D eigenvalue weighted by Gasteiger charge is -2.31. The van der Waals surface area contributed by atoms with E-state index in [9.17, 15) is 44.7 Å². The van der Waals surface area contributed by atoms with Crippen molar-refractivity contribution < 1.29 is 58.9 Å². The van der Waals surface area contributed by atoms with Gasteiger partial charge in [0.2, 0.25) is 0 Å². The maximum Gasteiger partial charge on any atom is 0.381 e. The first-order valence-electron chi connectivity index (χ1n) is 9.15. The summed E-state index contributed by atoms with van der Waals surface area (Å²) in [6, 6.07) is 0. The molecule has 0 bridgehead atoms. The minimum Gasteiger partial charge on any atom is -0.462 e. The molecule has 0 aromatic rings. The number of ether oxygens (including phenoxy) is 3. The number of esters is 2. The quantitative estimate of drug-likeness (QED) is 0.197. The van der Waals surface area contributed by atoms with Crippen LogP contribution in [-0.4, -0.2) is 63.1 Å². The van der Waals surface area contributed by atoms with Gasteiger partial charge in [0.25, 0.3) is 0 Å². The number of methoxy groups -OCH3 is 1. The average molecular weight is 472 g/mol. The minimum absolute atomic E-state index is 0.0331. The third-order valence-corrected chi connectivity index (χ3v) is 4.06. The molecule has 31 heavy (non-hydrogen) atoms. The Morgan fingerprint density at radius 1 is 0.935 bits per heavy atom. The van der Waals surface area contributed by atoms with Crippen molar-refractivity contribution in [1.82, 2.24) is 0 Å². The predicted octanol–water partition coefficient (Wildman–Crippen LogP) is 4.64. The summed E-state index contributed by atoms with van der Waals surface area (Å²) in [5, 5.41) is 0. The minimum atomic E-state index is -6.49. The van der Waals surface area contributed by atoms with Gasteiger partial charge in [-0.25, -0.2) is 18.4 Å². The Morgan fingerprint density at radius 2 is 1.48 bits per heavy atom. The van der Waals surface area contributed by atoms with Crippen LogP contribution in [0.3, 0.4) is 0 Å². The van der Waals surface area contributed by atoms with Gasteiger partial charge in [-0.2, -0.15) is 26.3 Å². The van der Waals surface area contributed by atoms with E-state index in [1.807, 2.05) is 6.92 Å². The fraction of sp³-hybridized carbons (Fsp3) is 0.778. The highest BCUT2D eigenvalue weighted by Gasteiger charge is 2.75. The van der Waals surface area contributed by atoms with Crippen molar-refractivity contribution in [2.75, 3.05) is 26.9 Å². The number of halogens is 8. The number of carbonyl (C=O) groups is 2. The van der Waals surface area contributed by atoms with Crippen molar-refractivity contribution in [1.29, 1.82) is 0 Å². The smallest absolute Gasteiger partial charge is 0.381 e. The van der Waals surface area contributed by atoms with Crippen LogP contribution >= 0.6 is 0 Å². The summed E-state index contributed by atoms with van der Waals surface area (Å²) in [6.45, 7) is -0.273. The summed E-state index contributed by atoms with van der Waals surface area (Å²) in [5.41, 5.74) is 0. The van der Waals surface area contributed by atoms with Crippen molar-refractivity contribution in [2.45, 2.75) is 56.8 Å². The monoisotopic (exact) mass is 472 g/mol. The summed E-state index contributed by atoms with van der Waals surface area (Å²) >= 11 is 0. The number of hydrogen-bond donors (Lipinski definition) is 0. The van der Waals surface area contributed by atoms with Crippen molar-refractivity contribution in [3.8, 4) is 0 Å². The molecule has 0 saturated carbocycles. The van der Waals surface area contributed by atoms with Crippen LogP contribution in [0, 0.1) is 5.92 Å². The lowest BCUT2D eigenvalue weighted by molar-refractivity contribution is -0.344. The van der Waals surface area contributed by atoms with Crippen LogP contribution < -0.4 is 0 Å². The summed E-state index contributed by atoms with van der Waals surface area (Å²) < 4.78 is 116. The molecule has 0 amide bonds. The molecule has 0 aliphatic heterocycles. The number of carbonyl (C=O) groups excluding carboxylic acids is 2. The molecule has 0 aliphatic carbocycles. The van der Waals surface area contributed by atoms with E-state index in [-0.39, 0.29) is 18.6 Å². The molecule has 0 aromatic carbocycles. The zero-order valence-electron chi connectivity index (χ0n) is 16.8. The van der Waals surface area contributed by atoms with E-state index in [4.69, 9.17) is 9.47 Å². The SMILES string of the molecule is CCCCC(CCOC)COC(=O)/C=C/C(=O)OCC(F)(F)C(F)(F)C(F)(F)C(F)F. The average Bonchev–Trinajstić information content (AvgIpc) is 2.69. The van der Waals surface area contributed by atoms with Crippen LogP contribution in [-0.2, 0) is 23.8 Å². The van der Waals surface area contributed by atoms with Crippen molar-refractivity contribution in [3.05, 3.63) is 12.2 Å². The molecule has 1 unspecified atom stereocenters. The molecule has 0 spiro atoms. The molecule has 0 N–H and O–H groups in total. The van der Waals surface area contributed by atoms with Gasteiger partial charge in [0, 0.05) is 25.9 Å². The standard InChI is InChI=1S/C18H24F8O5/c1-3-4-5-12(8-9-29-2)10-30-13(27)6-7-14(28)31-11-16(21,22)18(25,26)17(23,24)15(19)20/h6-7,12,15H,3-5,8-11H2,1-2H3/b7-6+. The number of unbranched alkanes of at least 4 members (excludes halogenated alkanes) is 1. The molecule has 0 aliphatic rings.